The molecule has 0 aliphatic heterocycles. The Hall–Kier alpha value is -1.48. The summed E-state index contributed by atoms with van der Waals surface area (Å²) in [5, 5.41) is 25.0. The zero-order chi connectivity index (χ0) is 29.6. The number of aliphatic hydroxyl groups excluding tert-OH is 2. The predicted molar refractivity (Wildman–Crippen MR) is 160 cm³/mol. The Morgan fingerprint density at radius 3 is 2.46 bits per heavy atom. The molecule has 0 radical (unpaired) electrons. The lowest BCUT2D eigenvalue weighted by atomic mass is 9.43. The molecule has 0 aromatic heterocycles. The van der Waals surface area contributed by atoms with Gasteiger partial charge in [-0.1, -0.05) is 51.1 Å². The third kappa shape index (κ3) is 6.27. The van der Waals surface area contributed by atoms with Gasteiger partial charge in [-0.15, -0.1) is 0 Å². The van der Waals surface area contributed by atoms with Gasteiger partial charge < -0.3 is 15.5 Å². The van der Waals surface area contributed by atoms with Crippen LogP contribution in [0.3, 0.4) is 0 Å². The Labute approximate surface area is 246 Å². The first-order valence-corrected chi connectivity index (χ1v) is 17.6. The topological polar surface area (TPSA) is 124 Å². The van der Waals surface area contributed by atoms with Gasteiger partial charge in [-0.05, 0) is 116 Å². The smallest absolute Gasteiger partial charge is 0.266 e. The van der Waals surface area contributed by atoms with Gasteiger partial charge >= 0.3 is 0 Å². The molecule has 4 aliphatic carbocycles. The Bertz CT molecular complexity index is 1180. The van der Waals surface area contributed by atoms with Crippen molar-refractivity contribution in [1.82, 2.24) is 5.32 Å². The van der Waals surface area contributed by atoms with Gasteiger partial charge in [0.05, 0.1) is 18.0 Å². The largest absolute Gasteiger partial charge is 0.393 e. The molecule has 4 fully saturated rings. The highest BCUT2D eigenvalue weighted by Crippen LogP contribution is 2.68. The summed E-state index contributed by atoms with van der Waals surface area (Å²) < 4.78 is 32.7. The molecule has 8 heteroatoms. The summed E-state index contributed by atoms with van der Waals surface area (Å²) in [5.74, 6) is 2.08. The zero-order valence-electron chi connectivity index (χ0n) is 25.0. The van der Waals surface area contributed by atoms with E-state index in [0.717, 1.165) is 44.1 Å². The number of amides is 1. The SMILES string of the molecule is CC(CCC(=O)NC(Cc1ccccc1)CS(=O)(=O)O)C1CCC2C3CCC4CC(O)CCC4(C)C3CC(O)C12C. The maximum absolute atomic E-state index is 13.0. The molecular weight excluding hydrogens is 538 g/mol. The van der Waals surface area contributed by atoms with Crippen molar-refractivity contribution in [2.45, 2.75) is 110 Å². The zero-order valence-corrected chi connectivity index (χ0v) is 25.9. The minimum atomic E-state index is -4.24. The summed E-state index contributed by atoms with van der Waals surface area (Å²) in [6, 6.07) is 8.68. The van der Waals surface area contributed by atoms with E-state index in [-0.39, 0.29) is 34.9 Å². The van der Waals surface area contributed by atoms with Crippen molar-refractivity contribution >= 4 is 16.0 Å². The molecule has 7 nitrogen and oxygen atoms in total. The van der Waals surface area contributed by atoms with Gasteiger partial charge in [-0.3, -0.25) is 9.35 Å². The number of fused-ring (bicyclic) bond motifs is 5. The molecule has 1 amide bonds. The molecule has 0 heterocycles. The van der Waals surface area contributed by atoms with E-state index in [1.165, 1.54) is 12.8 Å². The van der Waals surface area contributed by atoms with Gasteiger partial charge in [0.1, 0.15) is 0 Å². The van der Waals surface area contributed by atoms with Crippen LogP contribution in [0, 0.1) is 46.3 Å². The summed E-state index contributed by atoms with van der Waals surface area (Å²) in [4.78, 5) is 13.0. The van der Waals surface area contributed by atoms with Crippen LogP contribution in [0.15, 0.2) is 30.3 Å². The fraction of sp³-hybridized carbons (Fsp3) is 0.788. The third-order valence-corrected chi connectivity index (χ3v) is 13.3. The fourth-order valence-electron chi connectivity index (χ4n) is 10.3. The van der Waals surface area contributed by atoms with Crippen LogP contribution >= 0.6 is 0 Å². The molecule has 0 spiro atoms. The first kappa shape index (κ1) is 31.0. The third-order valence-electron chi connectivity index (χ3n) is 12.4. The van der Waals surface area contributed by atoms with E-state index < -0.39 is 21.9 Å². The summed E-state index contributed by atoms with van der Waals surface area (Å²) >= 11 is 0. The number of rotatable bonds is 9. The average molecular weight is 590 g/mol. The highest BCUT2D eigenvalue weighted by atomic mass is 32.2. The van der Waals surface area contributed by atoms with Crippen molar-refractivity contribution in [1.29, 1.82) is 0 Å². The minimum absolute atomic E-state index is 0.157. The molecular formula is C33H51NO6S. The van der Waals surface area contributed by atoms with Crippen LogP contribution < -0.4 is 5.32 Å². The number of nitrogens with one attached hydrogen (secondary N) is 1. The predicted octanol–water partition coefficient (Wildman–Crippen LogP) is 5.01. The summed E-state index contributed by atoms with van der Waals surface area (Å²) in [7, 11) is -4.24. The second-order valence-electron chi connectivity index (χ2n) is 14.6. The molecule has 0 saturated heterocycles. The second-order valence-corrected chi connectivity index (χ2v) is 16.1. The quantitative estimate of drug-likeness (QED) is 0.300. The standard InChI is InChI=1S/C33H51NO6S/c1-21(9-14-31(37)34-24(20-41(38,39)40)17-22-7-5-4-6-8-22)27-12-13-28-26-11-10-23-18-25(35)15-16-32(23,2)29(26)19-30(36)33(27,28)3/h4-8,21,23-30,35-36H,9-20H2,1-3H3,(H,34,37)(H,38,39,40). The van der Waals surface area contributed by atoms with Crippen LogP contribution in [0.2, 0.25) is 0 Å². The molecule has 4 aliphatic rings. The highest BCUT2D eigenvalue weighted by molar-refractivity contribution is 7.85. The first-order chi connectivity index (χ1) is 19.3. The Morgan fingerprint density at radius 1 is 1.02 bits per heavy atom. The van der Waals surface area contributed by atoms with Crippen LogP contribution in [0.1, 0.15) is 90.5 Å². The molecule has 230 valence electrons. The summed E-state index contributed by atoms with van der Waals surface area (Å²) in [5.41, 5.74) is 0.955. The van der Waals surface area contributed by atoms with E-state index in [4.69, 9.17) is 0 Å². The lowest BCUT2D eigenvalue weighted by Gasteiger charge is -2.62. The summed E-state index contributed by atoms with van der Waals surface area (Å²) in [6.45, 7) is 6.97. The number of aliphatic hydroxyl groups is 2. The van der Waals surface area contributed by atoms with Crippen molar-refractivity contribution in [2.75, 3.05) is 5.75 Å². The normalized spacial score (nSPS) is 40.1. The van der Waals surface area contributed by atoms with Crippen molar-refractivity contribution < 1.29 is 28.0 Å². The van der Waals surface area contributed by atoms with Gasteiger partial charge in [0.2, 0.25) is 5.91 Å². The van der Waals surface area contributed by atoms with Crippen LogP contribution in [0.4, 0.5) is 0 Å². The molecule has 11 unspecified atom stereocenters. The fourth-order valence-corrected chi connectivity index (χ4v) is 11.0. The van der Waals surface area contributed by atoms with E-state index in [1.54, 1.807) is 0 Å². The van der Waals surface area contributed by atoms with E-state index in [9.17, 15) is 28.0 Å². The van der Waals surface area contributed by atoms with Crippen LogP contribution in [-0.4, -0.2) is 53.1 Å². The molecule has 41 heavy (non-hydrogen) atoms. The lowest BCUT2D eigenvalue weighted by molar-refractivity contribution is -0.174. The molecule has 11 atom stereocenters. The minimum Gasteiger partial charge on any atom is -0.393 e. The van der Waals surface area contributed by atoms with Gasteiger partial charge in [0, 0.05) is 12.5 Å². The van der Waals surface area contributed by atoms with E-state index >= 15 is 0 Å². The van der Waals surface area contributed by atoms with Gasteiger partial charge in [-0.25, -0.2) is 0 Å². The van der Waals surface area contributed by atoms with Gasteiger partial charge in [-0.2, -0.15) is 8.42 Å². The van der Waals surface area contributed by atoms with Gasteiger partial charge in [0.15, 0.2) is 0 Å². The molecule has 4 saturated carbocycles. The maximum Gasteiger partial charge on any atom is 0.266 e. The number of hydrogen-bond donors (Lipinski definition) is 4. The molecule has 4 N–H and O–H groups in total. The second kappa shape index (κ2) is 11.9. The van der Waals surface area contributed by atoms with Crippen LogP contribution in [-0.2, 0) is 21.3 Å². The van der Waals surface area contributed by atoms with E-state index in [0.29, 0.717) is 48.9 Å². The lowest BCUT2D eigenvalue weighted by Crippen LogP contribution is -2.58. The van der Waals surface area contributed by atoms with Crippen LogP contribution in [0.5, 0.6) is 0 Å². The first-order valence-electron chi connectivity index (χ1n) is 16.0. The van der Waals surface area contributed by atoms with Crippen molar-refractivity contribution in [3.63, 3.8) is 0 Å². The van der Waals surface area contributed by atoms with Crippen LogP contribution in [0.25, 0.3) is 0 Å². The average Bonchev–Trinajstić information content (AvgIpc) is 3.27. The van der Waals surface area contributed by atoms with E-state index in [2.05, 4.69) is 26.1 Å². The van der Waals surface area contributed by atoms with E-state index in [1.807, 2.05) is 30.3 Å². The maximum atomic E-state index is 13.0. The van der Waals surface area contributed by atoms with Crippen molar-refractivity contribution in [3.8, 4) is 0 Å². The van der Waals surface area contributed by atoms with Crippen molar-refractivity contribution in [3.05, 3.63) is 35.9 Å². The van der Waals surface area contributed by atoms with Crippen molar-refractivity contribution in [2.24, 2.45) is 46.3 Å². The summed E-state index contributed by atoms with van der Waals surface area (Å²) in [6.07, 6.45) is 9.07. The number of carbonyl (C=O) groups is 1. The molecule has 1 aromatic carbocycles. The number of hydrogen-bond acceptors (Lipinski definition) is 5. The van der Waals surface area contributed by atoms with Gasteiger partial charge in [0.25, 0.3) is 10.1 Å². The highest BCUT2D eigenvalue weighted by Gasteiger charge is 2.63. The number of carbonyl (C=O) groups excluding carboxylic acids is 1. The monoisotopic (exact) mass is 589 g/mol. The molecule has 1 aromatic rings. The molecule has 0 bridgehead atoms. The Morgan fingerprint density at radius 2 is 1.76 bits per heavy atom. The Balaban J connectivity index is 1.21. The number of benzene rings is 1. The molecule has 5 rings (SSSR count). The Kier molecular flexibility index (Phi) is 8.98.